The molecule has 1 aromatic heterocycles. The number of halogens is 1. The summed E-state index contributed by atoms with van der Waals surface area (Å²) >= 11 is 0. The average Bonchev–Trinajstić information content (AvgIpc) is 2.99. The van der Waals surface area contributed by atoms with E-state index in [-0.39, 0.29) is 5.82 Å². The van der Waals surface area contributed by atoms with Gasteiger partial charge in [-0.15, -0.1) is 10.2 Å². The topological polar surface area (TPSA) is 50.9 Å². The fraction of sp³-hybridized carbons (Fsp3) is 0.176. The minimum atomic E-state index is -0.781. The molecule has 5 heteroatoms. The zero-order valence-corrected chi connectivity index (χ0v) is 11.9. The summed E-state index contributed by atoms with van der Waals surface area (Å²) in [7, 11) is 0. The summed E-state index contributed by atoms with van der Waals surface area (Å²) < 4.78 is 14.7. The highest BCUT2D eigenvalue weighted by molar-refractivity contribution is 5.19. The van der Waals surface area contributed by atoms with Crippen LogP contribution in [0.3, 0.4) is 0 Å². The first kappa shape index (κ1) is 14.4. The number of aliphatic hydroxyl groups excluding tert-OH is 1. The number of hydrogen-bond acceptors (Lipinski definition) is 3. The van der Waals surface area contributed by atoms with E-state index in [0.717, 1.165) is 11.1 Å². The number of hydrogen-bond donors (Lipinski definition) is 1. The third-order valence-electron chi connectivity index (χ3n) is 3.48. The van der Waals surface area contributed by atoms with Crippen molar-refractivity contribution in [3.63, 3.8) is 0 Å². The Morgan fingerprint density at radius 1 is 1.00 bits per heavy atom. The van der Waals surface area contributed by atoms with Crippen LogP contribution >= 0.6 is 0 Å². The maximum absolute atomic E-state index is 12.9. The summed E-state index contributed by atoms with van der Waals surface area (Å²) in [5.41, 5.74) is 1.96. The SMILES string of the molecule is OC(Cc1ccc(F)cc1)c1nncn1Cc1ccccc1. The number of aromatic nitrogens is 3. The quantitative estimate of drug-likeness (QED) is 0.788. The molecule has 1 atom stereocenters. The van der Waals surface area contributed by atoms with Crippen LogP contribution in [0.25, 0.3) is 0 Å². The van der Waals surface area contributed by atoms with Crippen LogP contribution in [0.15, 0.2) is 60.9 Å². The molecule has 1 unspecified atom stereocenters. The number of nitrogens with zero attached hydrogens (tertiary/aromatic N) is 3. The first-order valence-corrected chi connectivity index (χ1v) is 7.06. The summed E-state index contributed by atoms with van der Waals surface area (Å²) in [6, 6.07) is 16.0. The monoisotopic (exact) mass is 297 g/mol. The zero-order valence-electron chi connectivity index (χ0n) is 11.9. The Kier molecular flexibility index (Phi) is 4.25. The van der Waals surface area contributed by atoms with E-state index in [1.807, 2.05) is 34.9 Å². The molecule has 112 valence electrons. The lowest BCUT2D eigenvalue weighted by molar-refractivity contribution is 0.163. The Balaban J connectivity index is 1.74. The van der Waals surface area contributed by atoms with Crippen molar-refractivity contribution in [2.45, 2.75) is 19.1 Å². The van der Waals surface area contributed by atoms with E-state index in [4.69, 9.17) is 0 Å². The third-order valence-corrected chi connectivity index (χ3v) is 3.48. The molecule has 22 heavy (non-hydrogen) atoms. The normalized spacial score (nSPS) is 12.3. The van der Waals surface area contributed by atoms with Crippen molar-refractivity contribution in [3.05, 3.63) is 83.7 Å². The smallest absolute Gasteiger partial charge is 0.162 e. The molecule has 0 aliphatic rings. The van der Waals surface area contributed by atoms with Crippen LogP contribution in [0.2, 0.25) is 0 Å². The Labute approximate surface area is 127 Å². The molecule has 4 nitrogen and oxygen atoms in total. The van der Waals surface area contributed by atoms with Crippen LogP contribution in [-0.2, 0) is 13.0 Å². The van der Waals surface area contributed by atoms with Crippen molar-refractivity contribution >= 4 is 0 Å². The minimum absolute atomic E-state index is 0.287. The van der Waals surface area contributed by atoms with E-state index in [2.05, 4.69) is 10.2 Å². The summed E-state index contributed by atoms with van der Waals surface area (Å²) in [6.45, 7) is 0.601. The van der Waals surface area contributed by atoms with Crippen molar-refractivity contribution in [1.82, 2.24) is 14.8 Å². The van der Waals surface area contributed by atoms with Gasteiger partial charge in [0.2, 0.25) is 0 Å². The van der Waals surface area contributed by atoms with Gasteiger partial charge in [-0.05, 0) is 23.3 Å². The summed E-state index contributed by atoms with van der Waals surface area (Å²) in [6.07, 6.45) is 1.20. The van der Waals surface area contributed by atoms with Gasteiger partial charge in [0.25, 0.3) is 0 Å². The molecule has 0 fully saturated rings. The Morgan fingerprint density at radius 3 is 2.45 bits per heavy atom. The number of rotatable bonds is 5. The van der Waals surface area contributed by atoms with Gasteiger partial charge in [0.1, 0.15) is 18.2 Å². The van der Waals surface area contributed by atoms with Crippen LogP contribution < -0.4 is 0 Å². The van der Waals surface area contributed by atoms with E-state index >= 15 is 0 Å². The lowest BCUT2D eigenvalue weighted by atomic mass is 10.1. The number of benzene rings is 2. The molecule has 0 bridgehead atoms. The average molecular weight is 297 g/mol. The molecule has 0 saturated heterocycles. The molecular formula is C17H16FN3O. The fourth-order valence-electron chi connectivity index (χ4n) is 2.36. The predicted octanol–water partition coefficient (Wildman–Crippen LogP) is 2.74. The van der Waals surface area contributed by atoms with Crippen molar-refractivity contribution in [1.29, 1.82) is 0 Å². The van der Waals surface area contributed by atoms with E-state index < -0.39 is 6.10 Å². The zero-order chi connectivity index (χ0) is 15.4. The summed E-state index contributed by atoms with van der Waals surface area (Å²) in [5.74, 6) is 0.221. The van der Waals surface area contributed by atoms with Gasteiger partial charge in [-0.2, -0.15) is 0 Å². The van der Waals surface area contributed by atoms with Crippen LogP contribution in [-0.4, -0.2) is 19.9 Å². The van der Waals surface area contributed by atoms with Gasteiger partial charge in [0.05, 0.1) is 6.54 Å². The minimum Gasteiger partial charge on any atom is -0.385 e. The lowest BCUT2D eigenvalue weighted by Gasteiger charge is -2.12. The van der Waals surface area contributed by atoms with E-state index in [0.29, 0.717) is 18.8 Å². The van der Waals surface area contributed by atoms with E-state index in [9.17, 15) is 9.50 Å². The van der Waals surface area contributed by atoms with Gasteiger partial charge < -0.3 is 9.67 Å². The molecule has 0 saturated carbocycles. The van der Waals surface area contributed by atoms with Crippen LogP contribution in [0.1, 0.15) is 23.1 Å². The van der Waals surface area contributed by atoms with Crippen LogP contribution in [0.5, 0.6) is 0 Å². The fourth-order valence-corrected chi connectivity index (χ4v) is 2.36. The van der Waals surface area contributed by atoms with Gasteiger partial charge in [0, 0.05) is 6.42 Å². The Morgan fingerprint density at radius 2 is 1.73 bits per heavy atom. The Bertz CT molecular complexity index is 725. The standard InChI is InChI=1S/C17H16FN3O/c18-15-8-6-13(7-9-15)10-16(22)17-20-19-12-21(17)11-14-4-2-1-3-5-14/h1-9,12,16,22H,10-11H2. The molecule has 0 amide bonds. The number of aliphatic hydroxyl groups is 1. The van der Waals surface area contributed by atoms with Gasteiger partial charge >= 0.3 is 0 Å². The van der Waals surface area contributed by atoms with Crippen molar-refractivity contribution in [3.8, 4) is 0 Å². The lowest BCUT2D eigenvalue weighted by Crippen LogP contribution is -2.11. The molecule has 1 heterocycles. The highest BCUT2D eigenvalue weighted by Crippen LogP contribution is 2.17. The van der Waals surface area contributed by atoms with Crippen molar-refractivity contribution in [2.24, 2.45) is 0 Å². The molecule has 0 aliphatic carbocycles. The maximum Gasteiger partial charge on any atom is 0.162 e. The van der Waals surface area contributed by atoms with E-state index in [1.54, 1.807) is 18.5 Å². The maximum atomic E-state index is 12.9. The van der Waals surface area contributed by atoms with Crippen molar-refractivity contribution < 1.29 is 9.50 Å². The van der Waals surface area contributed by atoms with Crippen molar-refractivity contribution in [2.75, 3.05) is 0 Å². The molecule has 0 spiro atoms. The molecule has 0 aliphatic heterocycles. The largest absolute Gasteiger partial charge is 0.385 e. The Hall–Kier alpha value is -2.53. The molecule has 3 rings (SSSR count). The summed E-state index contributed by atoms with van der Waals surface area (Å²) in [5, 5.41) is 18.3. The second-order valence-electron chi connectivity index (χ2n) is 5.15. The summed E-state index contributed by atoms with van der Waals surface area (Å²) in [4.78, 5) is 0. The second-order valence-corrected chi connectivity index (χ2v) is 5.15. The molecule has 3 aromatic rings. The first-order chi connectivity index (χ1) is 10.7. The predicted molar refractivity (Wildman–Crippen MR) is 80.6 cm³/mol. The van der Waals surface area contributed by atoms with Gasteiger partial charge in [-0.3, -0.25) is 0 Å². The van der Waals surface area contributed by atoms with Gasteiger partial charge in [0.15, 0.2) is 5.82 Å². The van der Waals surface area contributed by atoms with Gasteiger partial charge in [-0.25, -0.2) is 4.39 Å². The van der Waals surface area contributed by atoms with Crippen LogP contribution in [0, 0.1) is 5.82 Å². The second kappa shape index (κ2) is 6.49. The highest BCUT2D eigenvalue weighted by atomic mass is 19.1. The van der Waals surface area contributed by atoms with Crippen LogP contribution in [0.4, 0.5) is 4.39 Å². The van der Waals surface area contributed by atoms with E-state index in [1.165, 1.54) is 12.1 Å². The molecule has 0 radical (unpaired) electrons. The highest BCUT2D eigenvalue weighted by Gasteiger charge is 2.16. The molecular weight excluding hydrogens is 281 g/mol. The van der Waals surface area contributed by atoms with Gasteiger partial charge in [-0.1, -0.05) is 42.5 Å². The molecule has 1 N–H and O–H groups in total. The first-order valence-electron chi connectivity index (χ1n) is 7.06. The molecule has 2 aromatic carbocycles. The third kappa shape index (κ3) is 3.38.